The Kier molecular flexibility index (Phi) is 6.41. The molecule has 0 aliphatic carbocycles. The first-order chi connectivity index (χ1) is 14.4. The molecule has 0 aliphatic heterocycles. The predicted molar refractivity (Wildman–Crippen MR) is 116 cm³/mol. The van der Waals surface area contributed by atoms with Gasteiger partial charge in [-0.25, -0.2) is 0 Å². The van der Waals surface area contributed by atoms with Gasteiger partial charge in [0.05, 0.1) is 13.1 Å². The minimum atomic E-state index is -0.660. The Hall–Kier alpha value is -3.74. The van der Waals surface area contributed by atoms with Crippen molar-refractivity contribution in [3.63, 3.8) is 0 Å². The Morgan fingerprint density at radius 3 is 2.47 bits per heavy atom. The molecule has 2 aromatic carbocycles. The summed E-state index contributed by atoms with van der Waals surface area (Å²) in [4.78, 5) is 39.5. The van der Waals surface area contributed by atoms with Crippen LogP contribution in [0.25, 0.3) is 0 Å². The molecular weight excluding hydrogens is 380 g/mol. The number of nitrogens with zero attached hydrogens (tertiary/aromatic N) is 2. The van der Waals surface area contributed by atoms with Crippen molar-refractivity contribution in [2.45, 2.75) is 27.3 Å². The number of aryl methyl sites for hydroxylation is 3. The zero-order valence-electron chi connectivity index (χ0n) is 17.2. The second-order valence-electron chi connectivity index (χ2n) is 7.15. The van der Waals surface area contributed by atoms with Crippen LogP contribution in [0.1, 0.15) is 32.6 Å². The maximum absolute atomic E-state index is 12.5. The largest absolute Gasteiger partial charge is 0.345 e. The van der Waals surface area contributed by atoms with Gasteiger partial charge in [0.15, 0.2) is 0 Å². The number of aromatic nitrogens is 2. The summed E-state index contributed by atoms with van der Waals surface area (Å²) in [6, 6.07) is 13.7. The van der Waals surface area contributed by atoms with Gasteiger partial charge in [0.2, 0.25) is 5.95 Å². The highest BCUT2D eigenvalue weighted by atomic mass is 16.2. The van der Waals surface area contributed by atoms with E-state index in [0.29, 0.717) is 18.8 Å². The van der Waals surface area contributed by atoms with Crippen LogP contribution in [0, 0.1) is 20.8 Å². The van der Waals surface area contributed by atoms with Crippen molar-refractivity contribution in [1.29, 1.82) is 0 Å². The van der Waals surface area contributed by atoms with Crippen LogP contribution in [0.2, 0.25) is 0 Å². The van der Waals surface area contributed by atoms with Crippen molar-refractivity contribution in [2.24, 2.45) is 0 Å². The minimum absolute atomic E-state index is 0.116. The molecule has 1 amide bonds. The van der Waals surface area contributed by atoms with Crippen molar-refractivity contribution >= 4 is 23.8 Å². The highest BCUT2D eigenvalue weighted by molar-refractivity contribution is 5.94. The standard InChI is InChI=1S/C23H24N4O3/c1-15-11-17(3)20(12-16(15)2)25-23-26-22(30)19(21(29)24-9-10-28)14-27(23)13-18-7-5-4-6-8-18/h4-8,10-12,14H,9,13H2,1-3H3,(H,24,29)(H,25,26,30). The van der Waals surface area contributed by atoms with Crippen LogP contribution in [0.3, 0.4) is 0 Å². The van der Waals surface area contributed by atoms with E-state index in [4.69, 9.17) is 0 Å². The Labute approximate surface area is 174 Å². The van der Waals surface area contributed by atoms with Crippen LogP contribution < -0.4 is 16.2 Å². The van der Waals surface area contributed by atoms with Gasteiger partial charge in [-0.1, -0.05) is 36.4 Å². The van der Waals surface area contributed by atoms with E-state index in [1.165, 1.54) is 11.8 Å². The molecule has 3 rings (SSSR count). The van der Waals surface area contributed by atoms with Crippen LogP contribution in [0.15, 0.2) is 53.5 Å². The van der Waals surface area contributed by atoms with Gasteiger partial charge in [-0.15, -0.1) is 0 Å². The Morgan fingerprint density at radius 1 is 1.07 bits per heavy atom. The van der Waals surface area contributed by atoms with E-state index < -0.39 is 11.5 Å². The predicted octanol–water partition coefficient (Wildman–Crippen LogP) is 2.89. The van der Waals surface area contributed by atoms with Crippen molar-refractivity contribution < 1.29 is 9.59 Å². The van der Waals surface area contributed by atoms with Crippen LogP contribution >= 0.6 is 0 Å². The summed E-state index contributed by atoms with van der Waals surface area (Å²) >= 11 is 0. The third kappa shape index (κ3) is 4.81. The third-order valence-corrected chi connectivity index (χ3v) is 4.87. The van der Waals surface area contributed by atoms with Gasteiger partial charge in [-0.3, -0.25) is 9.59 Å². The van der Waals surface area contributed by atoms with Crippen molar-refractivity contribution in [2.75, 3.05) is 11.9 Å². The molecule has 0 atom stereocenters. The molecule has 0 spiro atoms. The van der Waals surface area contributed by atoms with Gasteiger partial charge in [0, 0.05) is 11.9 Å². The number of nitrogens with one attached hydrogen (secondary N) is 2. The maximum atomic E-state index is 12.5. The van der Waals surface area contributed by atoms with Crippen molar-refractivity contribution in [1.82, 2.24) is 14.9 Å². The highest BCUT2D eigenvalue weighted by Crippen LogP contribution is 2.23. The molecule has 0 bridgehead atoms. The van der Waals surface area contributed by atoms with Gasteiger partial charge in [0.1, 0.15) is 11.8 Å². The van der Waals surface area contributed by atoms with Crippen LogP contribution in [0.5, 0.6) is 0 Å². The van der Waals surface area contributed by atoms with E-state index >= 15 is 0 Å². The fraction of sp³-hybridized carbons (Fsp3) is 0.217. The molecule has 0 aliphatic rings. The smallest absolute Gasteiger partial charge is 0.287 e. The zero-order valence-corrected chi connectivity index (χ0v) is 17.2. The first-order valence-electron chi connectivity index (χ1n) is 9.61. The number of carbonyl (C=O) groups excluding carboxylic acids is 2. The molecule has 0 saturated heterocycles. The summed E-state index contributed by atoms with van der Waals surface area (Å²) in [5, 5.41) is 5.64. The number of amides is 1. The topological polar surface area (TPSA) is 93.1 Å². The summed E-state index contributed by atoms with van der Waals surface area (Å²) in [5.74, 6) is -0.294. The monoisotopic (exact) mass is 404 g/mol. The minimum Gasteiger partial charge on any atom is -0.345 e. The fourth-order valence-corrected chi connectivity index (χ4v) is 3.09. The Morgan fingerprint density at radius 2 is 1.77 bits per heavy atom. The van der Waals surface area contributed by atoms with E-state index in [1.807, 2.05) is 57.2 Å². The molecule has 2 N–H and O–H groups in total. The summed E-state index contributed by atoms with van der Waals surface area (Å²) in [7, 11) is 0. The van der Waals surface area contributed by atoms with Crippen molar-refractivity contribution in [3.05, 3.63) is 86.8 Å². The maximum Gasteiger partial charge on any atom is 0.287 e. The summed E-state index contributed by atoms with van der Waals surface area (Å²) in [6.45, 7) is 6.29. The number of anilines is 2. The molecule has 0 radical (unpaired) electrons. The van der Waals surface area contributed by atoms with Crippen LogP contribution in [-0.2, 0) is 11.3 Å². The number of carbonyl (C=O) groups is 2. The normalized spacial score (nSPS) is 10.5. The molecule has 3 aromatic rings. The van der Waals surface area contributed by atoms with Gasteiger partial charge >= 0.3 is 0 Å². The molecule has 7 heteroatoms. The lowest BCUT2D eigenvalue weighted by molar-refractivity contribution is -0.107. The molecule has 0 unspecified atom stereocenters. The molecule has 0 saturated carbocycles. The van der Waals surface area contributed by atoms with Crippen LogP contribution in [0.4, 0.5) is 11.6 Å². The van der Waals surface area contributed by atoms with Crippen LogP contribution in [-0.4, -0.2) is 28.3 Å². The summed E-state index contributed by atoms with van der Waals surface area (Å²) in [5.41, 5.74) is 4.36. The average Bonchev–Trinajstić information content (AvgIpc) is 2.72. The zero-order chi connectivity index (χ0) is 21.7. The molecule has 1 heterocycles. The molecule has 7 nitrogen and oxygen atoms in total. The highest BCUT2D eigenvalue weighted by Gasteiger charge is 2.16. The van der Waals surface area contributed by atoms with E-state index in [9.17, 15) is 14.4 Å². The Bertz CT molecular complexity index is 1140. The van der Waals surface area contributed by atoms with Gasteiger partial charge in [0.25, 0.3) is 11.5 Å². The second-order valence-corrected chi connectivity index (χ2v) is 7.15. The van der Waals surface area contributed by atoms with Gasteiger partial charge in [-0.2, -0.15) is 4.98 Å². The quantitative estimate of drug-likeness (QED) is 0.591. The lowest BCUT2D eigenvalue weighted by Gasteiger charge is -2.17. The number of hydrogen-bond acceptors (Lipinski definition) is 5. The number of aldehydes is 1. The molecule has 1 aromatic heterocycles. The van der Waals surface area contributed by atoms with E-state index in [1.54, 1.807) is 4.57 Å². The summed E-state index contributed by atoms with van der Waals surface area (Å²) in [6.07, 6.45) is 2.04. The molecular formula is C23H24N4O3. The number of rotatable bonds is 7. The first kappa shape index (κ1) is 21.0. The average molecular weight is 404 g/mol. The second kappa shape index (κ2) is 9.17. The van der Waals surface area contributed by atoms with E-state index in [0.717, 1.165) is 22.4 Å². The van der Waals surface area contributed by atoms with E-state index in [2.05, 4.69) is 21.7 Å². The molecule has 0 fully saturated rings. The lowest BCUT2D eigenvalue weighted by atomic mass is 10.1. The number of hydrogen-bond donors (Lipinski definition) is 2. The van der Waals surface area contributed by atoms with Gasteiger partial charge in [-0.05, 0) is 49.1 Å². The van der Waals surface area contributed by atoms with Gasteiger partial charge < -0.3 is 20.0 Å². The fourth-order valence-electron chi connectivity index (χ4n) is 3.09. The van der Waals surface area contributed by atoms with E-state index in [-0.39, 0.29) is 12.1 Å². The third-order valence-electron chi connectivity index (χ3n) is 4.87. The molecule has 154 valence electrons. The SMILES string of the molecule is Cc1cc(C)c(Nc2nc(=O)c(C(=O)NCC=O)cn2Cc2ccccc2)cc1C. The lowest BCUT2D eigenvalue weighted by Crippen LogP contribution is -2.32. The Balaban J connectivity index is 2.05. The first-order valence-corrected chi connectivity index (χ1v) is 9.61. The summed E-state index contributed by atoms with van der Waals surface area (Å²) < 4.78 is 1.72. The number of benzene rings is 2. The van der Waals surface area contributed by atoms with Crippen molar-refractivity contribution in [3.8, 4) is 0 Å². The molecule has 30 heavy (non-hydrogen) atoms.